The number of aryl methyl sites for hydroxylation is 1. The zero-order chi connectivity index (χ0) is 15.1. The van der Waals surface area contributed by atoms with Gasteiger partial charge in [-0.2, -0.15) is 0 Å². The lowest BCUT2D eigenvalue weighted by molar-refractivity contribution is -0.134. The first-order chi connectivity index (χ1) is 10.2. The van der Waals surface area contributed by atoms with E-state index in [2.05, 4.69) is 26.8 Å². The van der Waals surface area contributed by atoms with Crippen molar-refractivity contribution in [1.82, 2.24) is 9.97 Å². The van der Waals surface area contributed by atoms with Crippen LogP contribution in [0.25, 0.3) is 11.1 Å². The highest BCUT2D eigenvalue weighted by Gasteiger charge is 2.02. The third-order valence-corrected chi connectivity index (χ3v) is 3.19. The number of allylic oxidation sites excluding steroid dienone is 1. The molecule has 0 fully saturated rings. The number of esters is 1. The zero-order valence-electron chi connectivity index (χ0n) is 12.2. The van der Waals surface area contributed by atoms with E-state index in [0.29, 0.717) is 0 Å². The minimum atomic E-state index is -0.303. The van der Waals surface area contributed by atoms with Crippen molar-refractivity contribution in [3.05, 3.63) is 60.2 Å². The van der Waals surface area contributed by atoms with E-state index in [1.165, 1.54) is 25.1 Å². The van der Waals surface area contributed by atoms with Crippen molar-refractivity contribution >= 4 is 5.97 Å². The van der Waals surface area contributed by atoms with Crippen molar-refractivity contribution in [2.45, 2.75) is 19.8 Å². The molecule has 0 saturated heterocycles. The minimum absolute atomic E-state index is 0.303. The molecule has 108 valence electrons. The summed E-state index contributed by atoms with van der Waals surface area (Å²) in [5.41, 5.74) is 4.33. The van der Waals surface area contributed by atoms with Gasteiger partial charge in [-0.05, 0) is 30.9 Å². The summed E-state index contributed by atoms with van der Waals surface area (Å²) in [7, 11) is 1.39. The molecule has 0 spiro atoms. The number of methoxy groups -OCH3 is 1. The van der Waals surface area contributed by atoms with E-state index >= 15 is 0 Å². The number of aromatic nitrogens is 2. The van der Waals surface area contributed by atoms with E-state index in [-0.39, 0.29) is 5.97 Å². The number of hydrogen-bond acceptors (Lipinski definition) is 4. The van der Waals surface area contributed by atoms with Gasteiger partial charge in [0.2, 0.25) is 0 Å². The van der Waals surface area contributed by atoms with E-state index in [9.17, 15) is 4.79 Å². The van der Waals surface area contributed by atoms with Gasteiger partial charge in [-0.1, -0.05) is 29.8 Å². The Bertz CT molecular complexity index is 636. The maximum absolute atomic E-state index is 11.2. The molecule has 1 aromatic heterocycles. The van der Waals surface area contributed by atoms with E-state index in [0.717, 1.165) is 29.5 Å². The topological polar surface area (TPSA) is 52.1 Å². The number of carbonyl (C=O) groups is 1. The van der Waals surface area contributed by atoms with E-state index in [4.69, 9.17) is 0 Å². The van der Waals surface area contributed by atoms with Gasteiger partial charge in [0.15, 0.2) is 0 Å². The van der Waals surface area contributed by atoms with Crippen LogP contribution in [0.15, 0.2) is 54.6 Å². The second-order valence-corrected chi connectivity index (χ2v) is 4.84. The Morgan fingerprint density at radius 3 is 2.71 bits per heavy atom. The molecule has 0 aliphatic carbocycles. The molecule has 1 heterocycles. The molecule has 4 nitrogen and oxygen atoms in total. The zero-order valence-corrected chi connectivity index (χ0v) is 12.2. The van der Waals surface area contributed by atoms with Crippen molar-refractivity contribution < 1.29 is 9.53 Å². The normalized spacial score (nSPS) is 11.2. The van der Waals surface area contributed by atoms with Gasteiger partial charge >= 0.3 is 5.97 Å². The molecule has 0 aliphatic rings. The average Bonchev–Trinajstić information content (AvgIpc) is 2.54. The standard InChI is InChI=1S/C17H18N2O2/c1-13(8-17(20)21-2)6-7-14-4-3-5-15(9-14)16-10-18-12-19-11-16/h3-5,8-12H,6-7H2,1-2H3/b13-8+. The van der Waals surface area contributed by atoms with Crippen LogP contribution in [0.4, 0.5) is 0 Å². The van der Waals surface area contributed by atoms with Gasteiger partial charge in [-0.3, -0.25) is 0 Å². The molecule has 0 bridgehead atoms. The Hall–Kier alpha value is -2.49. The Morgan fingerprint density at radius 1 is 1.24 bits per heavy atom. The average molecular weight is 282 g/mol. The smallest absolute Gasteiger partial charge is 0.330 e. The van der Waals surface area contributed by atoms with Crippen LogP contribution in [0.2, 0.25) is 0 Å². The third-order valence-electron chi connectivity index (χ3n) is 3.19. The molecule has 21 heavy (non-hydrogen) atoms. The Morgan fingerprint density at radius 2 is 2.00 bits per heavy atom. The fraction of sp³-hybridized carbons (Fsp3) is 0.235. The van der Waals surface area contributed by atoms with Gasteiger partial charge in [-0.25, -0.2) is 14.8 Å². The van der Waals surface area contributed by atoms with Crippen molar-refractivity contribution in [1.29, 1.82) is 0 Å². The van der Waals surface area contributed by atoms with Crippen LogP contribution in [0.5, 0.6) is 0 Å². The molecular formula is C17H18N2O2. The van der Waals surface area contributed by atoms with Gasteiger partial charge in [0.25, 0.3) is 0 Å². The van der Waals surface area contributed by atoms with Gasteiger partial charge in [0, 0.05) is 24.0 Å². The highest BCUT2D eigenvalue weighted by atomic mass is 16.5. The van der Waals surface area contributed by atoms with E-state index in [1.807, 2.05) is 19.1 Å². The number of carbonyl (C=O) groups excluding carboxylic acids is 1. The largest absolute Gasteiger partial charge is 0.466 e. The summed E-state index contributed by atoms with van der Waals surface area (Å²) >= 11 is 0. The molecule has 0 unspecified atom stereocenters. The van der Waals surface area contributed by atoms with Crippen molar-refractivity contribution in [2.75, 3.05) is 7.11 Å². The molecule has 0 saturated carbocycles. The van der Waals surface area contributed by atoms with Crippen LogP contribution in [0.3, 0.4) is 0 Å². The van der Waals surface area contributed by atoms with Gasteiger partial charge in [0.05, 0.1) is 7.11 Å². The van der Waals surface area contributed by atoms with Gasteiger partial charge in [0.1, 0.15) is 6.33 Å². The van der Waals surface area contributed by atoms with Crippen LogP contribution in [0, 0.1) is 0 Å². The first-order valence-electron chi connectivity index (χ1n) is 6.78. The fourth-order valence-electron chi connectivity index (χ4n) is 2.03. The van der Waals surface area contributed by atoms with Crippen LogP contribution >= 0.6 is 0 Å². The number of nitrogens with zero attached hydrogens (tertiary/aromatic N) is 2. The molecule has 0 atom stereocenters. The summed E-state index contributed by atoms with van der Waals surface area (Å²) in [6.07, 6.45) is 8.36. The number of rotatable bonds is 5. The first-order valence-corrected chi connectivity index (χ1v) is 6.78. The van der Waals surface area contributed by atoms with Crippen molar-refractivity contribution in [3.8, 4) is 11.1 Å². The lowest BCUT2D eigenvalue weighted by Crippen LogP contribution is -1.97. The van der Waals surface area contributed by atoms with Crippen LogP contribution in [0.1, 0.15) is 18.9 Å². The molecule has 0 radical (unpaired) electrons. The SMILES string of the molecule is COC(=O)/C=C(\C)CCc1cccc(-c2cncnc2)c1. The van der Waals surface area contributed by atoms with Gasteiger partial charge < -0.3 is 4.74 Å². The third kappa shape index (κ3) is 4.53. The summed E-state index contributed by atoms with van der Waals surface area (Å²) in [5, 5.41) is 0. The predicted octanol–water partition coefficient (Wildman–Crippen LogP) is 3.20. The second-order valence-electron chi connectivity index (χ2n) is 4.84. The molecule has 0 N–H and O–H groups in total. The Kier molecular flexibility index (Phi) is 5.21. The maximum Gasteiger partial charge on any atom is 0.330 e. The van der Waals surface area contributed by atoms with Crippen molar-refractivity contribution in [2.24, 2.45) is 0 Å². The summed E-state index contributed by atoms with van der Waals surface area (Å²) in [6, 6.07) is 8.28. The van der Waals surface area contributed by atoms with Crippen LogP contribution in [-0.4, -0.2) is 23.0 Å². The molecule has 4 heteroatoms. The second kappa shape index (κ2) is 7.33. The highest BCUT2D eigenvalue weighted by Crippen LogP contribution is 2.20. The predicted molar refractivity (Wildman–Crippen MR) is 81.6 cm³/mol. The molecule has 0 amide bonds. The quantitative estimate of drug-likeness (QED) is 0.624. The van der Waals surface area contributed by atoms with Gasteiger partial charge in [-0.15, -0.1) is 0 Å². The molecule has 2 rings (SSSR count). The van der Waals surface area contributed by atoms with E-state index in [1.54, 1.807) is 12.4 Å². The summed E-state index contributed by atoms with van der Waals surface area (Å²) < 4.78 is 4.62. The van der Waals surface area contributed by atoms with Crippen LogP contribution < -0.4 is 0 Å². The lowest BCUT2D eigenvalue weighted by atomic mass is 10.0. The number of ether oxygens (including phenoxy) is 1. The monoisotopic (exact) mass is 282 g/mol. The Labute approximate surface area is 124 Å². The molecule has 0 aliphatic heterocycles. The lowest BCUT2D eigenvalue weighted by Gasteiger charge is -2.05. The summed E-state index contributed by atoms with van der Waals surface area (Å²) in [5.74, 6) is -0.303. The number of benzene rings is 1. The van der Waals surface area contributed by atoms with Crippen LogP contribution in [-0.2, 0) is 16.0 Å². The maximum atomic E-state index is 11.2. The molecular weight excluding hydrogens is 264 g/mol. The van der Waals surface area contributed by atoms with Crippen molar-refractivity contribution in [3.63, 3.8) is 0 Å². The summed E-state index contributed by atoms with van der Waals surface area (Å²) in [4.78, 5) is 19.2. The van der Waals surface area contributed by atoms with E-state index < -0.39 is 0 Å². The highest BCUT2D eigenvalue weighted by molar-refractivity contribution is 5.82. The summed E-state index contributed by atoms with van der Waals surface area (Å²) in [6.45, 7) is 1.94. The fourth-order valence-corrected chi connectivity index (χ4v) is 2.03. The molecule has 1 aromatic carbocycles. The number of hydrogen-bond donors (Lipinski definition) is 0. The Balaban J connectivity index is 2.05. The minimum Gasteiger partial charge on any atom is -0.466 e. The first kappa shape index (κ1) is 14.9. The molecule has 2 aromatic rings.